The van der Waals surface area contributed by atoms with E-state index < -0.39 is 29.3 Å². The Morgan fingerprint density at radius 2 is 1.75 bits per heavy atom. The lowest BCUT2D eigenvalue weighted by atomic mass is 10.0. The minimum absolute atomic E-state index is 0.0198. The number of aromatic nitrogens is 2. The molecular formula is C39H43F2N9O5. The number of piperidine rings is 2. The molecule has 2 aromatic carbocycles. The Bertz CT molecular complexity index is 2080. The normalized spacial score (nSPS) is 29.1. The van der Waals surface area contributed by atoms with Gasteiger partial charge in [-0.15, -0.1) is 10.2 Å². The van der Waals surface area contributed by atoms with E-state index in [0.717, 1.165) is 88.5 Å². The standard InChI is InChI=1S/C39H43F2N9O5/c40-22-9-27(36(52)31(41)10-22)32-12-34-37(45-44-32)42-13-24-15-46(5-6-49(24)34)18-28-29-19-47(20-30(28)29)16-25-17-48(7-8-55-25)23-2-1-21-14-50(39(54)26(21)11-23)33-3-4-35(51)43-38(33)53/h1-2,9-12,24-25,28-30,33,52H,3-8,13-20H2,(H,42,45)(H,43,51,53)/t24-,25?,28?,29-,30+,33?/m0/s1. The molecule has 0 spiro atoms. The van der Waals surface area contributed by atoms with Crippen LogP contribution in [0.5, 0.6) is 5.75 Å². The molecule has 5 fully saturated rings. The molecule has 16 heteroatoms. The number of halogens is 2. The van der Waals surface area contributed by atoms with Crippen molar-refractivity contribution in [1.82, 2.24) is 30.2 Å². The number of nitrogens with one attached hydrogen (secondary N) is 2. The van der Waals surface area contributed by atoms with Crippen molar-refractivity contribution in [2.24, 2.45) is 17.8 Å². The van der Waals surface area contributed by atoms with Crippen molar-refractivity contribution >= 4 is 34.9 Å². The molecule has 6 atom stereocenters. The minimum atomic E-state index is -1.03. The summed E-state index contributed by atoms with van der Waals surface area (Å²) in [5, 5.41) is 24.4. The van der Waals surface area contributed by atoms with Gasteiger partial charge in [-0.05, 0) is 54.0 Å². The lowest BCUT2D eigenvalue weighted by molar-refractivity contribution is -0.136. The molecule has 0 radical (unpaired) electrons. The molecule has 7 aliphatic rings. The second-order valence-corrected chi connectivity index (χ2v) is 16.1. The molecule has 3 unspecified atom stereocenters. The summed E-state index contributed by atoms with van der Waals surface area (Å²) in [4.78, 5) is 48.8. The lowest BCUT2D eigenvalue weighted by Gasteiger charge is -2.46. The number of hydrogen-bond donors (Lipinski definition) is 3. The molecule has 10 rings (SSSR count). The van der Waals surface area contributed by atoms with Gasteiger partial charge in [-0.3, -0.25) is 24.6 Å². The fraction of sp³-hybridized carbons (Fsp3) is 0.513. The first-order valence-corrected chi connectivity index (χ1v) is 19.3. The molecule has 1 aromatic heterocycles. The molecule has 6 aliphatic heterocycles. The van der Waals surface area contributed by atoms with Gasteiger partial charge in [0.15, 0.2) is 17.4 Å². The van der Waals surface area contributed by atoms with Crippen molar-refractivity contribution < 1.29 is 33.0 Å². The van der Waals surface area contributed by atoms with Gasteiger partial charge >= 0.3 is 0 Å². The molecule has 1 saturated carbocycles. The van der Waals surface area contributed by atoms with Crippen molar-refractivity contribution in [1.29, 1.82) is 0 Å². The number of anilines is 3. The van der Waals surface area contributed by atoms with Gasteiger partial charge in [0.05, 0.1) is 30.1 Å². The highest BCUT2D eigenvalue weighted by Crippen LogP contribution is 2.52. The zero-order valence-corrected chi connectivity index (χ0v) is 30.3. The first kappa shape index (κ1) is 34.6. The first-order valence-electron chi connectivity index (χ1n) is 19.3. The third-order valence-electron chi connectivity index (χ3n) is 12.9. The monoisotopic (exact) mass is 755 g/mol. The van der Waals surface area contributed by atoms with Crippen LogP contribution in [-0.4, -0.2) is 138 Å². The zero-order valence-electron chi connectivity index (χ0n) is 30.3. The van der Waals surface area contributed by atoms with Gasteiger partial charge in [-0.1, -0.05) is 6.07 Å². The highest BCUT2D eigenvalue weighted by atomic mass is 19.1. The number of rotatable bonds is 7. The van der Waals surface area contributed by atoms with Gasteiger partial charge in [0.2, 0.25) is 11.8 Å². The Balaban J connectivity index is 0.712. The van der Waals surface area contributed by atoms with Crippen LogP contribution < -0.4 is 20.4 Å². The topological polar surface area (TPSA) is 147 Å². The Hall–Kier alpha value is -4.93. The predicted molar refractivity (Wildman–Crippen MR) is 196 cm³/mol. The summed E-state index contributed by atoms with van der Waals surface area (Å²) in [6, 6.07) is 9.08. The number of phenolic OH excluding ortho intramolecular Hbond substituents is 1. The molecule has 7 heterocycles. The lowest BCUT2D eigenvalue weighted by Crippen LogP contribution is -2.58. The number of phenols is 1. The highest BCUT2D eigenvalue weighted by Gasteiger charge is 2.56. The number of ether oxygens (including phenoxy) is 1. The van der Waals surface area contributed by atoms with E-state index >= 15 is 0 Å². The molecule has 0 bridgehead atoms. The number of hydrogen-bond acceptors (Lipinski definition) is 12. The van der Waals surface area contributed by atoms with E-state index in [2.05, 4.69) is 46.5 Å². The number of benzene rings is 2. The van der Waals surface area contributed by atoms with E-state index in [-0.39, 0.29) is 41.6 Å². The number of piperazine rings is 1. The number of carbonyl (C=O) groups excluding carboxylic acids is 3. The molecule has 1 aliphatic carbocycles. The van der Waals surface area contributed by atoms with E-state index in [1.54, 1.807) is 11.0 Å². The average Bonchev–Trinajstić information content (AvgIpc) is 3.45. The Labute approximate surface area is 316 Å². The van der Waals surface area contributed by atoms with Crippen molar-refractivity contribution in [3.63, 3.8) is 0 Å². The van der Waals surface area contributed by atoms with E-state index in [0.29, 0.717) is 54.8 Å². The second-order valence-electron chi connectivity index (χ2n) is 16.1. The van der Waals surface area contributed by atoms with Crippen LogP contribution in [0.1, 0.15) is 28.8 Å². The number of nitrogens with zero attached hydrogens (tertiary/aromatic N) is 7. The molecule has 3 amide bonds. The molecule has 288 valence electrons. The maximum atomic E-state index is 14.1. The number of imide groups is 1. The van der Waals surface area contributed by atoms with Crippen LogP contribution in [0.2, 0.25) is 0 Å². The smallest absolute Gasteiger partial charge is 0.255 e. The van der Waals surface area contributed by atoms with Crippen molar-refractivity contribution in [2.75, 3.05) is 87.2 Å². The molecule has 55 heavy (non-hydrogen) atoms. The fourth-order valence-electron chi connectivity index (χ4n) is 9.96. The van der Waals surface area contributed by atoms with Gasteiger partial charge in [0.25, 0.3) is 5.91 Å². The molecule has 4 saturated heterocycles. The zero-order chi connectivity index (χ0) is 37.5. The molecule has 3 aromatic rings. The van der Waals surface area contributed by atoms with Crippen LogP contribution >= 0.6 is 0 Å². The SMILES string of the molecule is O=C1CCC(N2Cc3ccc(N4CCOC(CN5C[C@@H]6C(CN7CCN8c9cc(-c%10cc(F)cc(F)c%10O)nnc9NC[C@H]8C7)[C@@H]6C5)C4)cc3C2=O)C(=O)N1. The highest BCUT2D eigenvalue weighted by molar-refractivity contribution is 6.05. The Kier molecular flexibility index (Phi) is 8.40. The third kappa shape index (κ3) is 6.23. The summed E-state index contributed by atoms with van der Waals surface area (Å²) >= 11 is 0. The Morgan fingerprint density at radius 3 is 2.58 bits per heavy atom. The van der Waals surface area contributed by atoms with Crippen LogP contribution in [0.4, 0.5) is 26.0 Å². The third-order valence-corrected chi connectivity index (χ3v) is 12.9. The van der Waals surface area contributed by atoms with E-state index in [9.17, 15) is 28.3 Å². The van der Waals surface area contributed by atoms with Crippen molar-refractivity contribution in [2.45, 2.75) is 37.6 Å². The van der Waals surface area contributed by atoms with Crippen LogP contribution in [-0.2, 0) is 20.9 Å². The molecule has 3 N–H and O–H groups in total. The quantitative estimate of drug-likeness (QED) is 0.303. The number of aromatic hydroxyl groups is 1. The van der Waals surface area contributed by atoms with Gasteiger partial charge in [0.1, 0.15) is 11.9 Å². The minimum Gasteiger partial charge on any atom is -0.504 e. The first-order chi connectivity index (χ1) is 26.7. The van der Waals surface area contributed by atoms with Crippen molar-refractivity contribution in [3.05, 3.63) is 59.2 Å². The van der Waals surface area contributed by atoms with Crippen LogP contribution in [0.25, 0.3) is 11.3 Å². The van der Waals surface area contributed by atoms with Crippen LogP contribution in [0.3, 0.4) is 0 Å². The van der Waals surface area contributed by atoms with E-state index in [1.807, 2.05) is 12.1 Å². The molecule has 14 nitrogen and oxygen atoms in total. The number of likely N-dealkylation sites (tertiary alicyclic amines) is 1. The summed E-state index contributed by atoms with van der Waals surface area (Å²) in [7, 11) is 0. The average molecular weight is 756 g/mol. The number of morpholine rings is 1. The summed E-state index contributed by atoms with van der Waals surface area (Å²) in [6.07, 6.45) is 0.656. The van der Waals surface area contributed by atoms with E-state index in [1.165, 1.54) is 0 Å². The number of amides is 3. The fourth-order valence-corrected chi connectivity index (χ4v) is 9.96. The van der Waals surface area contributed by atoms with Gasteiger partial charge in [0, 0.05) is 101 Å². The maximum absolute atomic E-state index is 14.1. The van der Waals surface area contributed by atoms with Crippen molar-refractivity contribution in [3.8, 4) is 17.0 Å². The largest absolute Gasteiger partial charge is 0.504 e. The van der Waals surface area contributed by atoms with Gasteiger partial charge in [-0.25, -0.2) is 8.78 Å². The molecular weight excluding hydrogens is 712 g/mol. The second kappa shape index (κ2) is 13.4. The van der Waals surface area contributed by atoms with Gasteiger partial charge < -0.3 is 34.8 Å². The maximum Gasteiger partial charge on any atom is 0.255 e. The van der Waals surface area contributed by atoms with Crippen LogP contribution in [0.15, 0.2) is 36.4 Å². The summed E-state index contributed by atoms with van der Waals surface area (Å²) in [5.41, 5.74) is 3.55. The summed E-state index contributed by atoms with van der Waals surface area (Å²) in [6.45, 7) is 9.91. The van der Waals surface area contributed by atoms with Gasteiger partial charge in [-0.2, -0.15) is 0 Å². The number of fused-ring (bicyclic) bond motifs is 5. The summed E-state index contributed by atoms with van der Waals surface area (Å²) in [5.74, 6) is -0.606. The predicted octanol–water partition coefficient (Wildman–Crippen LogP) is 1.89. The summed E-state index contributed by atoms with van der Waals surface area (Å²) < 4.78 is 34.3. The number of carbonyl (C=O) groups is 3. The van der Waals surface area contributed by atoms with Crippen LogP contribution in [0, 0.1) is 29.4 Å². The van der Waals surface area contributed by atoms with E-state index in [4.69, 9.17) is 4.74 Å². The Morgan fingerprint density at radius 1 is 0.891 bits per heavy atom.